The van der Waals surface area contributed by atoms with E-state index < -0.39 is 0 Å². The van der Waals surface area contributed by atoms with Crippen molar-refractivity contribution in [1.82, 2.24) is 0 Å². The van der Waals surface area contributed by atoms with Crippen LogP contribution in [0.25, 0.3) is 0 Å². The molecule has 68 valence electrons. The molecule has 0 aliphatic carbocycles. The molecule has 0 aromatic heterocycles. The Morgan fingerprint density at radius 2 is 1.45 bits per heavy atom. The minimum atomic E-state index is 0.493. The molecule has 0 aliphatic heterocycles. The van der Waals surface area contributed by atoms with Gasteiger partial charge in [-0.3, -0.25) is 0 Å². The van der Waals surface area contributed by atoms with Gasteiger partial charge in [0, 0.05) is 5.70 Å². The number of rotatable bonds is 2. The molecule has 0 amide bonds. The Morgan fingerprint density at radius 1 is 1.09 bits per heavy atom. The van der Waals surface area contributed by atoms with Crippen molar-refractivity contribution in [3.05, 3.63) is 11.8 Å². The van der Waals surface area contributed by atoms with Crippen LogP contribution in [0.3, 0.4) is 0 Å². The van der Waals surface area contributed by atoms with E-state index in [0.29, 0.717) is 11.8 Å². The maximum absolute atomic E-state index is 5.68. The molecule has 0 spiro atoms. The number of hydrogen-bond acceptors (Lipinski definition) is 1. The SMILES string of the molecule is CC.CC(C)/C=C(/N)C(C)C. The van der Waals surface area contributed by atoms with E-state index in [9.17, 15) is 0 Å². The van der Waals surface area contributed by atoms with Crippen LogP contribution in [-0.2, 0) is 0 Å². The molecular formula is C10H23N. The van der Waals surface area contributed by atoms with Crippen LogP contribution in [0.2, 0.25) is 0 Å². The fourth-order valence-electron chi connectivity index (χ4n) is 0.577. The maximum atomic E-state index is 5.68. The molecule has 0 aliphatic rings. The highest BCUT2D eigenvalue weighted by Crippen LogP contribution is 2.05. The molecule has 1 heteroatoms. The lowest BCUT2D eigenvalue weighted by molar-refractivity contribution is 0.721. The van der Waals surface area contributed by atoms with Crippen molar-refractivity contribution < 1.29 is 0 Å². The summed E-state index contributed by atoms with van der Waals surface area (Å²) in [6.45, 7) is 12.5. The second-order valence-corrected chi connectivity index (χ2v) is 3.07. The van der Waals surface area contributed by atoms with E-state index >= 15 is 0 Å². The maximum Gasteiger partial charge on any atom is 0.00685 e. The van der Waals surface area contributed by atoms with Crippen LogP contribution in [0, 0.1) is 11.8 Å². The van der Waals surface area contributed by atoms with Crippen molar-refractivity contribution in [3.8, 4) is 0 Å². The van der Waals surface area contributed by atoms with E-state index in [1.54, 1.807) is 0 Å². The fourth-order valence-corrected chi connectivity index (χ4v) is 0.577. The van der Waals surface area contributed by atoms with Crippen molar-refractivity contribution in [1.29, 1.82) is 0 Å². The van der Waals surface area contributed by atoms with Gasteiger partial charge < -0.3 is 5.73 Å². The fraction of sp³-hybridized carbons (Fsp3) is 0.800. The minimum absolute atomic E-state index is 0.493. The van der Waals surface area contributed by atoms with Crippen LogP contribution >= 0.6 is 0 Å². The van der Waals surface area contributed by atoms with Gasteiger partial charge in [0.05, 0.1) is 0 Å². The Labute approximate surface area is 71.7 Å². The standard InChI is InChI=1S/C8H17N.C2H6/c1-6(2)5-8(9)7(3)4;1-2/h5-7H,9H2,1-4H3;1-2H3/b8-5+;. The summed E-state index contributed by atoms with van der Waals surface area (Å²) in [5.74, 6) is 1.07. The van der Waals surface area contributed by atoms with E-state index in [1.165, 1.54) is 0 Å². The molecule has 0 atom stereocenters. The summed E-state index contributed by atoms with van der Waals surface area (Å²) >= 11 is 0. The van der Waals surface area contributed by atoms with Crippen LogP contribution in [-0.4, -0.2) is 0 Å². The molecule has 0 heterocycles. The molecule has 0 aromatic rings. The Bertz CT molecular complexity index is 101. The van der Waals surface area contributed by atoms with E-state index in [2.05, 4.69) is 33.8 Å². The highest BCUT2D eigenvalue weighted by molar-refractivity contribution is 5.00. The third-order valence-corrected chi connectivity index (χ3v) is 1.19. The lowest BCUT2D eigenvalue weighted by Crippen LogP contribution is -2.05. The zero-order chi connectivity index (χ0) is 9.44. The molecule has 11 heavy (non-hydrogen) atoms. The molecule has 0 unspecified atom stereocenters. The van der Waals surface area contributed by atoms with E-state index in [-0.39, 0.29) is 0 Å². The highest BCUT2D eigenvalue weighted by atomic mass is 14.6. The predicted molar refractivity (Wildman–Crippen MR) is 53.3 cm³/mol. The zero-order valence-corrected chi connectivity index (χ0v) is 8.81. The Morgan fingerprint density at radius 3 is 1.55 bits per heavy atom. The lowest BCUT2D eigenvalue weighted by atomic mass is 10.1. The van der Waals surface area contributed by atoms with Crippen LogP contribution in [0.5, 0.6) is 0 Å². The molecule has 0 saturated carbocycles. The second kappa shape index (κ2) is 7.64. The smallest absolute Gasteiger partial charge is 0.00685 e. The van der Waals surface area contributed by atoms with Gasteiger partial charge in [-0.15, -0.1) is 0 Å². The summed E-state index contributed by atoms with van der Waals surface area (Å²) in [7, 11) is 0. The first-order valence-corrected chi connectivity index (χ1v) is 4.51. The van der Waals surface area contributed by atoms with Gasteiger partial charge in [-0.2, -0.15) is 0 Å². The topological polar surface area (TPSA) is 26.0 Å². The first kappa shape index (κ1) is 13.2. The van der Waals surface area contributed by atoms with Gasteiger partial charge in [-0.1, -0.05) is 47.6 Å². The molecular weight excluding hydrogens is 134 g/mol. The molecule has 0 rings (SSSR count). The van der Waals surface area contributed by atoms with Crippen molar-refractivity contribution in [2.24, 2.45) is 17.6 Å². The molecule has 2 N–H and O–H groups in total. The quantitative estimate of drug-likeness (QED) is 0.654. The largest absolute Gasteiger partial charge is 0.402 e. The summed E-state index contributed by atoms with van der Waals surface area (Å²) in [5, 5.41) is 0. The second-order valence-electron chi connectivity index (χ2n) is 3.07. The zero-order valence-electron chi connectivity index (χ0n) is 8.81. The van der Waals surface area contributed by atoms with E-state index in [4.69, 9.17) is 5.73 Å². The van der Waals surface area contributed by atoms with Gasteiger partial charge in [-0.25, -0.2) is 0 Å². The normalized spacial score (nSPS) is 11.5. The molecule has 0 radical (unpaired) electrons. The molecule has 0 fully saturated rings. The summed E-state index contributed by atoms with van der Waals surface area (Å²) in [6, 6.07) is 0. The molecule has 0 bridgehead atoms. The van der Waals surface area contributed by atoms with Crippen molar-refractivity contribution in [2.45, 2.75) is 41.5 Å². The first-order valence-electron chi connectivity index (χ1n) is 4.51. The van der Waals surface area contributed by atoms with Gasteiger partial charge >= 0.3 is 0 Å². The lowest BCUT2D eigenvalue weighted by Gasteiger charge is -2.05. The monoisotopic (exact) mass is 157 g/mol. The summed E-state index contributed by atoms with van der Waals surface area (Å²) < 4.78 is 0. The molecule has 0 aromatic carbocycles. The van der Waals surface area contributed by atoms with Gasteiger partial charge in [0.25, 0.3) is 0 Å². The van der Waals surface area contributed by atoms with Crippen molar-refractivity contribution >= 4 is 0 Å². The molecule has 0 saturated heterocycles. The Kier molecular flexibility index (Phi) is 9.14. The molecule has 1 nitrogen and oxygen atoms in total. The van der Waals surface area contributed by atoms with Crippen molar-refractivity contribution in [3.63, 3.8) is 0 Å². The van der Waals surface area contributed by atoms with Crippen LogP contribution in [0.4, 0.5) is 0 Å². The summed E-state index contributed by atoms with van der Waals surface area (Å²) in [4.78, 5) is 0. The van der Waals surface area contributed by atoms with Gasteiger partial charge in [0.15, 0.2) is 0 Å². The van der Waals surface area contributed by atoms with Crippen LogP contribution in [0.1, 0.15) is 41.5 Å². The number of nitrogens with two attached hydrogens (primary N) is 1. The summed E-state index contributed by atoms with van der Waals surface area (Å²) in [6.07, 6.45) is 2.10. The predicted octanol–water partition coefficient (Wildman–Crippen LogP) is 3.17. The average molecular weight is 157 g/mol. The van der Waals surface area contributed by atoms with Crippen LogP contribution in [0.15, 0.2) is 11.8 Å². The van der Waals surface area contributed by atoms with Gasteiger partial charge in [-0.05, 0) is 11.8 Å². The number of hydrogen-bond donors (Lipinski definition) is 1. The Balaban J connectivity index is 0. The van der Waals surface area contributed by atoms with Crippen molar-refractivity contribution in [2.75, 3.05) is 0 Å². The Hall–Kier alpha value is -0.460. The average Bonchev–Trinajstić information content (AvgIpc) is 1.90. The van der Waals surface area contributed by atoms with E-state index in [1.807, 2.05) is 13.8 Å². The van der Waals surface area contributed by atoms with Gasteiger partial charge in [0.2, 0.25) is 0 Å². The van der Waals surface area contributed by atoms with Gasteiger partial charge in [0.1, 0.15) is 0 Å². The summed E-state index contributed by atoms with van der Waals surface area (Å²) in [5.41, 5.74) is 6.68. The third kappa shape index (κ3) is 9.54. The number of allylic oxidation sites excluding steroid dienone is 2. The minimum Gasteiger partial charge on any atom is -0.402 e. The van der Waals surface area contributed by atoms with Crippen LogP contribution < -0.4 is 5.73 Å². The highest BCUT2D eigenvalue weighted by Gasteiger charge is 1.96. The third-order valence-electron chi connectivity index (χ3n) is 1.19. The van der Waals surface area contributed by atoms with E-state index in [0.717, 1.165) is 5.70 Å². The first-order chi connectivity index (χ1) is 5.04.